The summed E-state index contributed by atoms with van der Waals surface area (Å²) in [5.41, 5.74) is 3.75. The van der Waals surface area contributed by atoms with Crippen LogP contribution in [-0.2, 0) is 9.59 Å². The van der Waals surface area contributed by atoms with Crippen LogP contribution in [0.25, 0.3) is 0 Å². The Morgan fingerprint density at radius 2 is 1.42 bits per heavy atom. The quantitative estimate of drug-likeness (QED) is 0.571. The SMILES string of the molecule is CCN(CC(=O)Nc1ccccc1OC)CC(=O)Nc1c(C(C)C)cccc1C(C)C. The highest BCUT2D eigenvalue weighted by Gasteiger charge is 2.19. The molecule has 0 aliphatic heterocycles. The van der Waals surface area contributed by atoms with Crippen LogP contribution in [0, 0.1) is 0 Å². The van der Waals surface area contributed by atoms with E-state index < -0.39 is 0 Å². The molecule has 2 aromatic rings. The largest absolute Gasteiger partial charge is 0.495 e. The number of ether oxygens (including phenoxy) is 1. The summed E-state index contributed by atoms with van der Waals surface area (Å²) in [6.07, 6.45) is 0. The van der Waals surface area contributed by atoms with Gasteiger partial charge in [-0.1, -0.05) is 65.0 Å². The van der Waals surface area contributed by atoms with E-state index in [0.29, 0.717) is 29.8 Å². The smallest absolute Gasteiger partial charge is 0.238 e. The van der Waals surface area contributed by atoms with Crippen LogP contribution in [0.2, 0.25) is 0 Å². The lowest BCUT2D eigenvalue weighted by Gasteiger charge is -2.23. The minimum atomic E-state index is -0.190. The molecular weight excluding hydrogens is 390 g/mol. The summed E-state index contributed by atoms with van der Waals surface area (Å²) in [7, 11) is 1.56. The highest BCUT2D eigenvalue weighted by molar-refractivity contribution is 5.96. The predicted molar refractivity (Wildman–Crippen MR) is 127 cm³/mol. The van der Waals surface area contributed by atoms with E-state index in [4.69, 9.17) is 4.74 Å². The molecule has 2 N–H and O–H groups in total. The van der Waals surface area contributed by atoms with Gasteiger partial charge in [-0.3, -0.25) is 14.5 Å². The van der Waals surface area contributed by atoms with Gasteiger partial charge in [-0.05, 0) is 41.6 Å². The lowest BCUT2D eigenvalue weighted by Crippen LogP contribution is -2.39. The second kappa shape index (κ2) is 11.5. The van der Waals surface area contributed by atoms with Crippen molar-refractivity contribution in [3.05, 3.63) is 53.6 Å². The number of carbonyl (C=O) groups is 2. The molecule has 0 aliphatic carbocycles. The third kappa shape index (κ3) is 6.82. The molecule has 0 unspecified atom stereocenters. The molecule has 6 nitrogen and oxygen atoms in total. The van der Waals surface area contributed by atoms with Gasteiger partial charge >= 0.3 is 0 Å². The number of nitrogens with one attached hydrogen (secondary N) is 2. The van der Waals surface area contributed by atoms with Crippen molar-refractivity contribution in [1.82, 2.24) is 4.90 Å². The zero-order chi connectivity index (χ0) is 23.0. The fourth-order valence-electron chi connectivity index (χ4n) is 3.50. The number of anilines is 2. The highest BCUT2D eigenvalue weighted by Crippen LogP contribution is 2.32. The van der Waals surface area contributed by atoms with E-state index in [1.807, 2.05) is 30.0 Å². The number of likely N-dealkylation sites (N-methyl/N-ethyl adjacent to an activating group) is 1. The Morgan fingerprint density at radius 1 is 0.871 bits per heavy atom. The summed E-state index contributed by atoms with van der Waals surface area (Å²) >= 11 is 0. The normalized spacial score (nSPS) is 11.1. The molecule has 0 bridgehead atoms. The predicted octanol–water partition coefficient (Wildman–Crippen LogP) is 4.84. The molecule has 0 heterocycles. The number of carbonyl (C=O) groups excluding carboxylic acids is 2. The Bertz CT molecular complexity index is 867. The first-order chi connectivity index (χ1) is 14.8. The fourth-order valence-corrected chi connectivity index (χ4v) is 3.50. The first-order valence-corrected chi connectivity index (χ1v) is 10.8. The van der Waals surface area contributed by atoms with Gasteiger partial charge < -0.3 is 15.4 Å². The van der Waals surface area contributed by atoms with Crippen LogP contribution < -0.4 is 15.4 Å². The molecule has 0 saturated heterocycles. The van der Waals surface area contributed by atoms with Gasteiger partial charge in [0.2, 0.25) is 11.8 Å². The minimum absolute atomic E-state index is 0.116. The first kappa shape index (κ1) is 24.4. The van der Waals surface area contributed by atoms with Crippen molar-refractivity contribution < 1.29 is 14.3 Å². The van der Waals surface area contributed by atoms with Crippen molar-refractivity contribution >= 4 is 23.2 Å². The molecular formula is C25H35N3O3. The van der Waals surface area contributed by atoms with Crippen LogP contribution in [0.5, 0.6) is 5.75 Å². The molecule has 2 amide bonds. The standard InChI is InChI=1S/C25H35N3O3/c1-7-28(15-23(29)26-21-13-8-9-14-22(21)31-6)16-24(30)27-25-19(17(2)3)11-10-12-20(25)18(4)5/h8-14,17-18H,7,15-16H2,1-6H3,(H,26,29)(H,27,30). The molecule has 0 aromatic heterocycles. The monoisotopic (exact) mass is 425 g/mol. The Hall–Kier alpha value is -2.86. The molecule has 0 radical (unpaired) electrons. The lowest BCUT2D eigenvalue weighted by atomic mass is 9.92. The minimum Gasteiger partial charge on any atom is -0.495 e. The van der Waals surface area contributed by atoms with Crippen molar-refractivity contribution in [2.45, 2.75) is 46.5 Å². The number of para-hydroxylation sites is 3. The average Bonchev–Trinajstić information content (AvgIpc) is 2.73. The third-order valence-electron chi connectivity index (χ3n) is 5.20. The van der Waals surface area contributed by atoms with Gasteiger partial charge in [0.05, 0.1) is 25.9 Å². The van der Waals surface area contributed by atoms with Gasteiger partial charge in [0.1, 0.15) is 5.75 Å². The third-order valence-corrected chi connectivity index (χ3v) is 5.20. The van der Waals surface area contributed by atoms with Gasteiger partial charge in [-0.2, -0.15) is 0 Å². The number of nitrogens with zero attached hydrogens (tertiary/aromatic N) is 1. The van der Waals surface area contributed by atoms with E-state index in [-0.39, 0.29) is 24.9 Å². The number of amides is 2. The van der Waals surface area contributed by atoms with Gasteiger partial charge in [-0.25, -0.2) is 0 Å². The number of benzene rings is 2. The van der Waals surface area contributed by atoms with E-state index >= 15 is 0 Å². The summed E-state index contributed by atoms with van der Waals surface area (Å²) in [5.74, 6) is 0.875. The lowest BCUT2D eigenvalue weighted by molar-refractivity contribution is -0.119. The van der Waals surface area contributed by atoms with Gasteiger partial charge in [0, 0.05) is 5.69 Å². The number of methoxy groups -OCH3 is 1. The van der Waals surface area contributed by atoms with Crippen molar-refractivity contribution in [3.8, 4) is 5.75 Å². The molecule has 2 rings (SSSR count). The van der Waals surface area contributed by atoms with E-state index in [1.165, 1.54) is 0 Å². The van der Waals surface area contributed by atoms with Crippen molar-refractivity contribution in [2.75, 3.05) is 37.4 Å². The Morgan fingerprint density at radius 3 is 1.94 bits per heavy atom. The highest BCUT2D eigenvalue weighted by atomic mass is 16.5. The van der Waals surface area contributed by atoms with Gasteiger partial charge in [-0.15, -0.1) is 0 Å². The summed E-state index contributed by atoms with van der Waals surface area (Å²) in [5, 5.41) is 5.98. The number of hydrogen-bond donors (Lipinski definition) is 2. The number of hydrogen-bond acceptors (Lipinski definition) is 4. The zero-order valence-electron chi connectivity index (χ0n) is 19.5. The van der Waals surface area contributed by atoms with Crippen LogP contribution in [0.15, 0.2) is 42.5 Å². The molecule has 0 spiro atoms. The Labute approximate surface area is 186 Å². The van der Waals surface area contributed by atoms with Gasteiger partial charge in [0.25, 0.3) is 0 Å². The van der Waals surface area contributed by atoms with E-state index in [9.17, 15) is 9.59 Å². The Balaban J connectivity index is 2.06. The molecule has 0 fully saturated rings. The molecule has 0 atom stereocenters. The molecule has 2 aromatic carbocycles. The van der Waals surface area contributed by atoms with Gasteiger partial charge in [0.15, 0.2) is 0 Å². The van der Waals surface area contributed by atoms with Crippen LogP contribution in [0.1, 0.15) is 57.6 Å². The van der Waals surface area contributed by atoms with E-state index in [2.05, 4.69) is 50.5 Å². The second-order valence-electron chi connectivity index (χ2n) is 8.22. The molecule has 0 aliphatic rings. The average molecular weight is 426 g/mol. The van der Waals surface area contributed by atoms with E-state index in [0.717, 1.165) is 16.8 Å². The van der Waals surface area contributed by atoms with Crippen LogP contribution in [0.3, 0.4) is 0 Å². The first-order valence-electron chi connectivity index (χ1n) is 10.8. The summed E-state index contributed by atoms with van der Waals surface area (Å²) < 4.78 is 5.28. The van der Waals surface area contributed by atoms with Crippen molar-refractivity contribution in [3.63, 3.8) is 0 Å². The molecule has 6 heteroatoms. The summed E-state index contributed by atoms with van der Waals surface area (Å²) in [6.45, 7) is 11.3. The number of rotatable bonds is 10. The maximum Gasteiger partial charge on any atom is 0.238 e. The van der Waals surface area contributed by atoms with Crippen LogP contribution in [0.4, 0.5) is 11.4 Å². The van der Waals surface area contributed by atoms with E-state index in [1.54, 1.807) is 19.2 Å². The van der Waals surface area contributed by atoms with Crippen LogP contribution >= 0.6 is 0 Å². The van der Waals surface area contributed by atoms with Crippen molar-refractivity contribution in [2.24, 2.45) is 0 Å². The summed E-state index contributed by atoms with van der Waals surface area (Å²) in [4.78, 5) is 27.2. The fraction of sp³-hybridized carbons (Fsp3) is 0.440. The van der Waals surface area contributed by atoms with Crippen molar-refractivity contribution in [1.29, 1.82) is 0 Å². The molecule has 31 heavy (non-hydrogen) atoms. The molecule has 168 valence electrons. The zero-order valence-corrected chi connectivity index (χ0v) is 19.5. The summed E-state index contributed by atoms with van der Waals surface area (Å²) in [6, 6.07) is 13.4. The maximum absolute atomic E-state index is 12.9. The topological polar surface area (TPSA) is 70.7 Å². The molecule has 0 saturated carbocycles. The maximum atomic E-state index is 12.9. The second-order valence-corrected chi connectivity index (χ2v) is 8.22. The Kier molecular flexibility index (Phi) is 9.06. The van der Waals surface area contributed by atoms with Crippen LogP contribution in [-0.4, -0.2) is 43.5 Å².